The second-order valence-electron chi connectivity index (χ2n) is 4.83. The van der Waals surface area contributed by atoms with Crippen LogP contribution in [0.25, 0.3) is 0 Å². The summed E-state index contributed by atoms with van der Waals surface area (Å²) >= 11 is 0. The molecule has 0 saturated heterocycles. The van der Waals surface area contributed by atoms with E-state index in [2.05, 4.69) is 12.2 Å². The molecule has 0 heterocycles. The predicted molar refractivity (Wildman–Crippen MR) is 84.2 cm³/mol. The maximum absolute atomic E-state index is 11.6. The van der Waals surface area contributed by atoms with Crippen LogP contribution in [0.4, 0.5) is 0 Å². The van der Waals surface area contributed by atoms with E-state index in [-0.39, 0.29) is 24.5 Å². The molecule has 0 saturated carbocycles. The Morgan fingerprint density at radius 1 is 1.00 bits per heavy atom. The van der Waals surface area contributed by atoms with Crippen molar-refractivity contribution in [1.82, 2.24) is 5.32 Å². The highest BCUT2D eigenvalue weighted by Gasteiger charge is 2.17. The van der Waals surface area contributed by atoms with E-state index in [4.69, 9.17) is 5.11 Å². The second-order valence-corrected chi connectivity index (χ2v) is 4.83. The van der Waals surface area contributed by atoms with Crippen LogP contribution >= 0.6 is 0 Å². The zero-order valence-electron chi connectivity index (χ0n) is 13.9. The second kappa shape index (κ2) is 15.0. The van der Waals surface area contributed by atoms with Gasteiger partial charge in [-0.2, -0.15) is 0 Å². The summed E-state index contributed by atoms with van der Waals surface area (Å²) in [5, 5.41) is 11.2. The molecule has 21 heavy (non-hydrogen) atoms. The van der Waals surface area contributed by atoms with Gasteiger partial charge in [0.2, 0.25) is 5.91 Å². The van der Waals surface area contributed by atoms with Crippen molar-refractivity contribution in [2.75, 3.05) is 0 Å². The van der Waals surface area contributed by atoms with Crippen molar-refractivity contribution in [3.63, 3.8) is 0 Å². The molecule has 0 aromatic heterocycles. The van der Waals surface area contributed by atoms with E-state index >= 15 is 0 Å². The van der Waals surface area contributed by atoms with Crippen molar-refractivity contribution in [2.45, 2.75) is 85.1 Å². The molecular formula is C16H31NO4. The third-order valence-electron chi connectivity index (χ3n) is 2.98. The summed E-state index contributed by atoms with van der Waals surface area (Å²) < 4.78 is 0. The van der Waals surface area contributed by atoms with E-state index in [0.29, 0.717) is 6.42 Å². The van der Waals surface area contributed by atoms with Crippen LogP contribution in [0.3, 0.4) is 0 Å². The molecule has 0 aliphatic rings. The van der Waals surface area contributed by atoms with Crippen LogP contribution in [0.5, 0.6) is 0 Å². The standard InChI is InChI=1S/C14H25NO4.C2H6/c1-3-4-5-6-7-8-13(17)15-12(11(2)16)9-10-14(18)19;1-2/h12H,3-10H2,1-2H3,(H,15,17)(H,18,19);1-2H3. The number of unbranched alkanes of at least 4 members (excludes halogenated alkanes) is 4. The summed E-state index contributed by atoms with van der Waals surface area (Å²) in [6, 6.07) is -0.667. The lowest BCUT2D eigenvalue weighted by molar-refractivity contribution is -0.137. The van der Waals surface area contributed by atoms with Gasteiger partial charge in [0.25, 0.3) is 0 Å². The molecule has 1 unspecified atom stereocenters. The highest BCUT2D eigenvalue weighted by molar-refractivity contribution is 5.87. The smallest absolute Gasteiger partial charge is 0.303 e. The first-order valence-corrected chi connectivity index (χ1v) is 7.99. The number of hydrogen-bond donors (Lipinski definition) is 2. The summed E-state index contributed by atoms with van der Waals surface area (Å²) in [7, 11) is 0. The Morgan fingerprint density at radius 3 is 2.05 bits per heavy atom. The van der Waals surface area contributed by atoms with Crippen molar-refractivity contribution in [2.24, 2.45) is 0 Å². The topological polar surface area (TPSA) is 83.5 Å². The van der Waals surface area contributed by atoms with Crippen molar-refractivity contribution in [3.8, 4) is 0 Å². The lowest BCUT2D eigenvalue weighted by atomic mass is 10.1. The third-order valence-corrected chi connectivity index (χ3v) is 2.98. The maximum atomic E-state index is 11.6. The van der Waals surface area contributed by atoms with Crippen LogP contribution in [0.2, 0.25) is 0 Å². The fraction of sp³-hybridized carbons (Fsp3) is 0.812. The van der Waals surface area contributed by atoms with Gasteiger partial charge in [0, 0.05) is 12.8 Å². The van der Waals surface area contributed by atoms with Gasteiger partial charge < -0.3 is 10.4 Å². The van der Waals surface area contributed by atoms with E-state index < -0.39 is 12.0 Å². The molecule has 5 heteroatoms. The van der Waals surface area contributed by atoms with Gasteiger partial charge in [-0.15, -0.1) is 0 Å². The minimum Gasteiger partial charge on any atom is -0.481 e. The first-order valence-electron chi connectivity index (χ1n) is 7.99. The van der Waals surface area contributed by atoms with Crippen molar-refractivity contribution >= 4 is 17.7 Å². The first kappa shape index (κ1) is 21.9. The Kier molecular flexibility index (Phi) is 15.7. The normalized spacial score (nSPS) is 11.0. The van der Waals surface area contributed by atoms with Crippen LogP contribution in [0.1, 0.15) is 79.1 Å². The Hall–Kier alpha value is -1.39. The van der Waals surface area contributed by atoms with E-state index in [0.717, 1.165) is 25.7 Å². The number of carboxylic acid groups (broad SMARTS) is 1. The van der Waals surface area contributed by atoms with Crippen LogP contribution in [0.15, 0.2) is 0 Å². The molecule has 0 aliphatic heterocycles. The van der Waals surface area contributed by atoms with Gasteiger partial charge in [0.15, 0.2) is 5.78 Å². The van der Waals surface area contributed by atoms with Gasteiger partial charge >= 0.3 is 5.97 Å². The number of carboxylic acids is 1. The summed E-state index contributed by atoms with van der Waals surface area (Å²) in [5.41, 5.74) is 0. The number of aliphatic carboxylic acids is 1. The summed E-state index contributed by atoms with van der Waals surface area (Å²) in [6.45, 7) is 7.50. The van der Waals surface area contributed by atoms with Gasteiger partial charge in [0.1, 0.15) is 0 Å². The molecule has 5 nitrogen and oxygen atoms in total. The molecule has 1 amide bonds. The lowest BCUT2D eigenvalue weighted by Crippen LogP contribution is -2.40. The summed E-state index contributed by atoms with van der Waals surface area (Å²) in [4.78, 5) is 33.4. The first-order chi connectivity index (χ1) is 9.97. The predicted octanol–water partition coefficient (Wildman–Crippen LogP) is 3.31. The number of nitrogens with one attached hydrogen (secondary N) is 1. The Balaban J connectivity index is 0. The van der Waals surface area contributed by atoms with Crippen LogP contribution in [-0.4, -0.2) is 28.8 Å². The minimum atomic E-state index is -0.958. The molecule has 0 bridgehead atoms. The number of rotatable bonds is 11. The third kappa shape index (κ3) is 14.8. The van der Waals surface area contributed by atoms with Gasteiger partial charge in [-0.3, -0.25) is 14.4 Å². The Bertz CT molecular complexity index is 303. The van der Waals surface area contributed by atoms with Gasteiger partial charge in [-0.05, 0) is 19.8 Å². The number of hydrogen-bond acceptors (Lipinski definition) is 3. The molecule has 0 aromatic carbocycles. The van der Waals surface area contributed by atoms with Crippen molar-refractivity contribution in [3.05, 3.63) is 0 Å². The Morgan fingerprint density at radius 2 is 1.57 bits per heavy atom. The number of Topliss-reactive ketones (excluding diaryl/α,β-unsaturated/α-hetero) is 1. The molecule has 1 atom stereocenters. The van der Waals surface area contributed by atoms with Crippen LogP contribution in [0, 0.1) is 0 Å². The average molecular weight is 301 g/mol. The highest BCUT2D eigenvalue weighted by Crippen LogP contribution is 2.06. The summed E-state index contributed by atoms with van der Waals surface area (Å²) in [5.74, 6) is -1.32. The molecule has 0 aliphatic carbocycles. The molecule has 0 rings (SSSR count). The number of amides is 1. The fourth-order valence-electron chi connectivity index (χ4n) is 1.80. The molecule has 124 valence electrons. The zero-order valence-corrected chi connectivity index (χ0v) is 13.9. The number of carbonyl (C=O) groups excluding carboxylic acids is 2. The molecule has 0 radical (unpaired) electrons. The van der Waals surface area contributed by atoms with Gasteiger partial charge in [-0.25, -0.2) is 0 Å². The van der Waals surface area contributed by atoms with E-state index in [9.17, 15) is 14.4 Å². The Labute approximate surface area is 128 Å². The highest BCUT2D eigenvalue weighted by atomic mass is 16.4. The molecule has 0 spiro atoms. The lowest BCUT2D eigenvalue weighted by Gasteiger charge is -2.14. The van der Waals surface area contributed by atoms with Crippen LogP contribution < -0.4 is 5.32 Å². The zero-order chi connectivity index (χ0) is 16.7. The maximum Gasteiger partial charge on any atom is 0.303 e. The average Bonchev–Trinajstić information content (AvgIpc) is 2.44. The summed E-state index contributed by atoms with van der Waals surface area (Å²) in [6.07, 6.45) is 5.74. The molecule has 2 N–H and O–H groups in total. The quantitative estimate of drug-likeness (QED) is 0.573. The van der Waals surface area contributed by atoms with E-state index in [1.54, 1.807) is 0 Å². The number of carbonyl (C=O) groups is 3. The van der Waals surface area contributed by atoms with E-state index in [1.807, 2.05) is 13.8 Å². The molecule has 0 fully saturated rings. The largest absolute Gasteiger partial charge is 0.481 e. The van der Waals surface area contributed by atoms with Crippen molar-refractivity contribution < 1.29 is 19.5 Å². The van der Waals surface area contributed by atoms with Gasteiger partial charge in [0.05, 0.1) is 6.04 Å². The number of ketones is 1. The fourth-order valence-corrected chi connectivity index (χ4v) is 1.80. The van der Waals surface area contributed by atoms with Crippen molar-refractivity contribution in [1.29, 1.82) is 0 Å². The SMILES string of the molecule is CC.CCCCCCCC(=O)NC(CCC(=O)O)C(C)=O. The molecule has 0 aromatic rings. The van der Waals surface area contributed by atoms with Gasteiger partial charge in [-0.1, -0.05) is 46.5 Å². The monoisotopic (exact) mass is 301 g/mol. The van der Waals surface area contributed by atoms with E-state index in [1.165, 1.54) is 13.3 Å². The van der Waals surface area contributed by atoms with Crippen LogP contribution in [-0.2, 0) is 14.4 Å². The molecular weight excluding hydrogens is 270 g/mol. The minimum absolute atomic E-state index is 0.110.